The first-order valence-electron chi connectivity index (χ1n) is 9.11. The minimum atomic E-state index is -0.151. The van der Waals surface area contributed by atoms with Crippen molar-refractivity contribution < 1.29 is 4.79 Å². The number of anilines is 2. The Morgan fingerprint density at radius 2 is 1.89 bits per heavy atom. The van der Waals surface area contributed by atoms with Crippen LogP contribution in [0.5, 0.6) is 0 Å². The van der Waals surface area contributed by atoms with Gasteiger partial charge in [-0.05, 0) is 36.3 Å². The number of nitrogens with one attached hydrogen (secondary N) is 2. The van der Waals surface area contributed by atoms with Crippen molar-refractivity contribution in [2.75, 3.05) is 10.6 Å². The number of halogens is 1. The van der Waals surface area contributed by atoms with Gasteiger partial charge in [-0.3, -0.25) is 10.1 Å². The second kappa shape index (κ2) is 7.48. The van der Waals surface area contributed by atoms with Gasteiger partial charge >= 0.3 is 0 Å². The predicted octanol–water partition coefficient (Wildman–Crippen LogP) is 4.64. The number of aryl methyl sites for hydroxylation is 1. The number of allylic oxidation sites excluding steroid dienone is 1. The molecule has 1 amide bonds. The number of benzene rings is 2. The third kappa shape index (κ3) is 3.64. The lowest BCUT2D eigenvalue weighted by Gasteiger charge is -2.24. The van der Waals surface area contributed by atoms with Gasteiger partial charge in [-0.25, -0.2) is 4.68 Å². The van der Waals surface area contributed by atoms with Crippen LogP contribution in [-0.4, -0.2) is 20.7 Å². The van der Waals surface area contributed by atoms with Gasteiger partial charge < -0.3 is 5.32 Å². The molecule has 142 valence electrons. The summed E-state index contributed by atoms with van der Waals surface area (Å²) in [7, 11) is 0. The maximum Gasteiger partial charge on any atom is 0.250 e. The van der Waals surface area contributed by atoms with Crippen LogP contribution in [0.3, 0.4) is 0 Å². The van der Waals surface area contributed by atoms with E-state index in [9.17, 15) is 4.79 Å². The smallest absolute Gasteiger partial charge is 0.250 e. The molecular weight excluding hydrogens is 374 g/mol. The maximum atomic E-state index is 11.8. The topological polar surface area (TPSA) is 71.8 Å². The number of rotatable bonds is 4. The molecule has 6 nitrogen and oxygen atoms in total. The van der Waals surface area contributed by atoms with Crippen LogP contribution in [0.15, 0.2) is 54.6 Å². The van der Waals surface area contributed by atoms with Gasteiger partial charge in [0, 0.05) is 17.1 Å². The molecule has 0 aliphatic carbocycles. The standard InChI is InChI=1S/C21H20ClN5O/c1-3-19(28)24-20-25-21-23-17(14-8-10-16(22)11-9-14)12-18(27(21)26-20)15-6-4-13(2)5-7-15/h4-12,18H,3H2,1-2H3,(H2,23,24,25,26,28)/t18-/m1/s1. The molecule has 28 heavy (non-hydrogen) atoms. The van der Waals surface area contributed by atoms with Crippen molar-refractivity contribution in [3.8, 4) is 0 Å². The number of hydrogen-bond donors (Lipinski definition) is 2. The molecule has 4 rings (SSSR count). The Morgan fingerprint density at radius 3 is 2.57 bits per heavy atom. The maximum absolute atomic E-state index is 11.8. The molecular formula is C21H20ClN5O. The van der Waals surface area contributed by atoms with Gasteiger partial charge in [0.15, 0.2) is 0 Å². The zero-order chi connectivity index (χ0) is 19.7. The summed E-state index contributed by atoms with van der Waals surface area (Å²) in [6, 6.07) is 15.8. The van der Waals surface area contributed by atoms with Crippen LogP contribution < -0.4 is 10.6 Å². The van der Waals surface area contributed by atoms with Crippen molar-refractivity contribution in [3.05, 3.63) is 76.3 Å². The Labute approximate surface area is 168 Å². The van der Waals surface area contributed by atoms with Gasteiger partial charge in [0.1, 0.15) is 6.04 Å². The number of carbonyl (C=O) groups is 1. The number of fused-ring (bicyclic) bond motifs is 1. The van der Waals surface area contributed by atoms with E-state index in [1.54, 1.807) is 11.6 Å². The molecule has 3 aromatic rings. The quantitative estimate of drug-likeness (QED) is 0.677. The summed E-state index contributed by atoms with van der Waals surface area (Å²) in [6.07, 6.45) is 2.47. The van der Waals surface area contributed by atoms with E-state index in [0.717, 1.165) is 16.8 Å². The fraction of sp³-hybridized carbons (Fsp3) is 0.190. The predicted molar refractivity (Wildman–Crippen MR) is 111 cm³/mol. The number of hydrogen-bond acceptors (Lipinski definition) is 4. The van der Waals surface area contributed by atoms with Crippen LogP contribution >= 0.6 is 11.6 Å². The highest BCUT2D eigenvalue weighted by Crippen LogP contribution is 2.33. The van der Waals surface area contributed by atoms with Crippen LogP contribution in [0.4, 0.5) is 11.9 Å². The second-order valence-corrected chi connectivity index (χ2v) is 7.11. The van der Waals surface area contributed by atoms with Gasteiger partial charge in [-0.2, -0.15) is 4.98 Å². The minimum Gasteiger partial charge on any atom is -0.324 e. The Hall–Kier alpha value is -3.12. The van der Waals surface area contributed by atoms with Gasteiger partial charge in [0.2, 0.25) is 11.9 Å². The summed E-state index contributed by atoms with van der Waals surface area (Å²) in [4.78, 5) is 16.2. The summed E-state index contributed by atoms with van der Waals surface area (Å²) in [5, 5.41) is 11.2. The van der Waals surface area contributed by atoms with E-state index in [-0.39, 0.29) is 17.9 Å². The van der Waals surface area contributed by atoms with E-state index in [1.807, 2.05) is 24.3 Å². The monoisotopic (exact) mass is 393 g/mol. The lowest BCUT2D eigenvalue weighted by molar-refractivity contribution is -0.115. The molecule has 0 fully saturated rings. The molecule has 1 atom stereocenters. The lowest BCUT2D eigenvalue weighted by atomic mass is 10.0. The van der Waals surface area contributed by atoms with Crippen molar-refractivity contribution in [2.45, 2.75) is 26.3 Å². The Morgan fingerprint density at radius 1 is 1.18 bits per heavy atom. The SMILES string of the molecule is CCC(=O)Nc1nc2n(n1)[C@@H](c1ccc(C)cc1)C=C(c1ccc(Cl)cc1)N2. The fourth-order valence-electron chi connectivity index (χ4n) is 3.06. The average molecular weight is 394 g/mol. The third-order valence-electron chi connectivity index (χ3n) is 4.61. The molecule has 2 heterocycles. The van der Waals surface area contributed by atoms with Crippen LogP contribution in [0.25, 0.3) is 5.70 Å². The molecule has 1 aliphatic rings. The molecule has 0 unspecified atom stereocenters. The van der Waals surface area contributed by atoms with Crippen LogP contribution in [0.2, 0.25) is 5.02 Å². The average Bonchev–Trinajstić information content (AvgIpc) is 3.10. The molecule has 1 aromatic heterocycles. The molecule has 0 bridgehead atoms. The van der Waals surface area contributed by atoms with E-state index >= 15 is 0 Å². The highest BCUT2D eigenvalue weighted by Gasteiger charge is 2.25. The normalized spacial score (nSPS) is 15.4. The second-order valence-electron chi connectivity index (χ2n) is 6.67. The number of nitrogens with zero attached hydrogens (tertiary/aromatic N) is 3. The molecule has 0 radical (unpaired) electrons. The molecule has 1 aliphatic heterocycles. The van der Waals surface area contributed by atoms with E-state index in [1.165, 1.54) is 5.56 Å². The third-order valence-corrected chi connectivity index (χ3v) is 4.86. The zero-order valence-corrected chi connectivity index (χ0v) is 16.4. The number of amides is 1. The molecule has 0 saturated heterocycles. The van der Waals surface area contributed by atoms with Crippen LogP contribution in [-0.2, 0) is 4.79 Å². The largest absolute Gasteiger partial charge is 0.324 e. The summed E-state index contributed by atoms with van der Waals surface area (Å²) in [5.41, 5.74) is 4.18. The zero-order valence-electron chi connectivity index (χ0n) is 15.6. The van der Waals surface area contributed by atoms with Gasteiger partial charge in [-0.1, -0.05) is 60.5 Å². The molecule has 7 heteroatoms. The fourth-order valence-corrected chi connectivity index (χ4v) is 3.18. The van der Waals surface area contributed by atoms with Crippen molar-refractivity contribution in [2.24, 2.45) is 0 Å². The minimum absolute atomic E-state index is 0.124. The van der Waals surface area contributed by atoms with Crippen LogP contribution in [0.1, 0.15) is 36.1 Å². The number of carbonyl (C=O) groups excluding carboxylic acids is 1. The van der Waals surface area contributed by atoms with E-state index < -0.39 is 0 Å². The first-order valence-corrected chi connectivity index (χ1v) is 9.49. The first-order chi connectivity index (χ1) is 13.5. The molecule has 2 aromatic carbocycles. The first kappa shape index (κ1) is 18.3. The highest BCUT2D eigenvalue weighted by molar-refractivity contribution is 6.30. The summed E-state index contributed by atoms with van der Waals surface area (Å²) < 4.78 is 1.79. The summed E-state index contributed by atoms with van der Waals surface area (Å²) in [6.45, 7) is 3.85. The Bertz CT molecular complexity index is 1040. The van der Waals surface area contributed by atoms with Crippen LogP contribution in [0, 0.1) is 6.92 Å². The summed E-state index contributed by atoms with van der Waals surface area (Å²) >= 11 is 6.03. The molecule has 0 saturated carbocycles. The van der Waals surface area contributed by atoms with Crippen molar-refractivity contribution in [1.29, 1.82) is 0 Å². The van der Waals surface area contributed by atoms with Gasteiger partial charge in [-0.15, -0.1) is 5.10 Å². The van der Waals surface area contributed by atoms with Crippen molar-refractivity contribution in [1.82, 2.24) is 14.8 Å². The number of aromatic nitrogens is 3. The lowest BCUT2D eigenvalue weighted by Crippen LogP contribution is -2.20. The van der Waals surface area contributed by atoms with E-state index in [0.29, 0.717) is 17.4 Å². The molecule has 0 spiro atoms. The van der Waals surface area contributed by atoms with Gasteiger partial charge in [0.05, 0.1) is 0 Å². The summed E-state index contributed by atoms with van der Waals surface area (Å²) in [5.74, 6) is 0.738. The Kier molecular flexibility index (Phi) is 4.88. The molecule has 2 N–H and O–H groups in total. The van der Waals surface area contributed by atoms with E-state index in [4.69, 9.17) is 11.6 Å². The van der Waals surface area contributed by atoms with Crippen molar-refractivity contribution in [3.63, 3.8) is 0 Å². The highest BCUT2D eigenvalue weighted by atomic mass is 35.5. The van der Waals surface area contributed by atoms with Crippen molar-refractivity contribution >= 4 is 35.1 Å². The Balaban J connectivity index is 1.77. The van der Waals surface area contributed by atoms with E-state index in [2.05, 4.69) is 58.0 Å². The van der Waals surface area contributed by atoms with Gasteiger partial charge in [0.25, 0.3) is 5.95 Å².